The third-order valence-corrected chi connectivity index (χ3v) is 2.99. The number of aromatic nitrogens is 4. The first-order chi connectivity index (χ1) is 11.9. The van der Waals surface area contributed by atoms with Crippen LogP contribution < -0.4 is 0 Å². The van der Waals surface area contributed by atoms with E-state index >= 15 is 0 Å². The monoisotopic (exact) mass is 1250 g/mol. The van der Waals surface area contributed by atoms with Crippen LogP contribution in [0.1, 0.15) is 27.7 Å². The molecule has 0 aliphatic rings. The maximum absolute atomic E-state index is 4.66. The van der Waals surface area contributed by atoms with Crippen LogP contribution in [0.3, 0.4) is 0 Å². The molecule has 159 valence electrons. The molecule has 0 atom stereocenters. The SMILES string of the molecule is CC.CC.[Re].[Re].[Re].[Re].[Re].[c-]1no[c-]c1-c1ccc(-c2[c-]n3ccncc3n2)cc1. The fourth-order valence-corrected chi connectivity index (χ4v) is 1.99. The molecule has 0 saturated heterocycles. The van der Waals surface area contributed by atoms with E-state index in [2.05, 4.69) is 38.3 Å². The van der Waals surface area contributed by atoms with E-state index in [1.807, 2.05) is 62.6 Å². The molecule has 29 heavy (non-hydrogen) atoms. The van der Waals surface area contributed by atoms with Crippen molar-refractivity contribution in [1.82, 2.24) is 19.5 Å². The minimum Gasteiger partial charge on any atom is -0.523 e. The van der Waals surface area contributed by atoms with E-state index < -0.39 is 0 Å². The van der Waals surface area contributed by atoms with Crippen LogP contribution >= 0.6 is 0 Å². The Bertz CT molecular complexity index is 835. The van der Waals surface area contributed by atoms with E-state index in [4.69, 9.17) is 0 Å². The second-order valence-electron chi connectivity index (χ2n) is 4.23. The third-order valence-electron chi connectivity index (χ3n) is 2.99. The van der Waals surface area contributed by atoms with Gasteiger partial charge in [0.25, 0.3) is 0 Å². The van der Waals surface area contributed by atoms with Gasteiger partial charge in [-0.3, -0.25) is 15.1 Å². The van der Waals surface area contributed by atoms with Gasteiger partial charge in [0, 0.05) is 115 Å². The Morgan fingerprint density at radius 3 is 1.97 bits per heavy atom. The summed E-state index contributed by atoms with van der Waals surface area (Å²) in [4.78, 5) is 8.51. The zero-order chi connectivity index (χ0) is 17.4. The molecule has 0 fully saturated rings. The van der Waals surface area contributed by atoms with Gasteiger partial charge in [-0.05, 0) is 11.9 Å². The number of nitrogens with zero attached hydrogens (tertiary/aromatic N) is 4. The molecular weight excluding hydrogens is 1230 g/mol. The Hall–Kier alpha value is 0.362. The summed E-state index contributed by atoms with van der Waals surface area (Å²) in [6.45, 7) is 8.00. The number of rotatable bonds is 2. The molecular formula is C19H19N4ORe5-3. The predicted octanol–water partition coefficient (Wildman–Crippen LogP) is 4.49. The van der Waals surface area contributed by atoms with Crippen LogP contribution in [0.25, 0.3) is 28.0 Å². The fourth-order valence-electron chi connectivity index (χ4n) is 1.99. The molecule has 0 aliphatic carbocycles. The zero-order valence-electron chi connectivity index (χ0n) is 16.1. The normalized spacial score (nSPS) is 8.00. The van der Waals surface area contributed by atoms with E-state index in [-0.39, 0.29) is 102 Å². The molecule has 3 aromatic heterocycles. The van der Waals surface area contributed by atoms with Gasteiger partial charge in [-0.1, -0.05) is 39.5 Å². The molecule has 0 spiro atoms. The number of hydrogen-bond acceptors (Lipinski definition) is 4. The van der Waals surface area contributed by atoms with Crippen molar-refractivity contribution in [3.8, 4) is 22.4 Å². The van der Waals surface area contributed by atoms with Gasteiger partial charge >= 0.3 is 0 Å². The Balaban J connectivity index is -0.000000329. The maximum Gasteiger partial charge on any atom is 0.0714 e. The molecule has 0 saturated carbocycles. The molecule has 5 radical (unpaired) electrons. The van der Waals surface area contributed by atoms with Crippen molar-refractivity contribution in [2.75, 3.05) is 0 Å². The topological polar surface area (TPSA) is 56.2 Å². The van der Waals surface area contributed by atoms with Gasteiger partial charge in [0.1, 0.15) is 0 Å². The molecule has 5 nitrogen and oxygen atoms in total. The number of imidazole rings is 1. The first kappa shape index (κ1) is 36.7. The van der Waals surface area contributed by atoms with Gasteiger partial charge < -0.3 is 14.5 Å². The quantitative estimate of drug-likeness (QED) is 0.278. The van der Waals surface area contributed by atoms with Gasteiger partial charge in [-0.25, -0.2) is 11.8 Å². The van der Waals surface area contributed by atoms with Crippen LogP contribution in [0.15, 0.2) is 47.4 Å². The van der Waals surface area contributed by atoms with E-state index in [0.29, 0.717) is 5.56 Å². The Morgan fingerprint density at radius 1 is 0.862 bits per heavy atom. The maximum atomic E-state index is 4.66. The number of hydrogen-bond donors (Lipinski definition) is 0. The second kappa shape index (κ2) is 20.3. The summed E-state index contributed by atoms with van der Waals surface area (Å²) in [7, 11) is 0. The van der Waals surface area contributed by atoms with Crippen molar-refractivity contribution in [2.45, 2.75) is 27.7 Å². The van der Waals surface area contributed by atoms with Crippen LogP contribution in [-0.2, 0) is 102 Å². The van der Waals surface area contributed by atoms with Gasteiger partial charge in [-0.15, -0.1) is 18.4 Å². The Morgan fingerprint density at radius 2 is 1.45 bits per heavy atom. The van der Waals surface area contributed by atoms with Crippen molar-refractivity contribution in [1.29, 1.82) is 0 Å². The molecule has 0 aliphatic heterocycles. The van der Waals surface area contributed by atoms with Crippen molar-refractivity contribution in [3.05, 3.63) is 61.5 Å². The van der Waals surface area contributed by atoms with Gasteiger partial charge in [0.2, 0.25) is 0 Å². The summed E-state index contributed by atoms with van der Waals surface area (Å²) < 4.78 is 6.48. The van der Waals surface area contributed by atoms with Gasteiger partial charge in [0.05, 0.1) is 5.65 Å². The number of benzene rings is 1. The van der Waals surface area contributed by atoms with Crippen molar-refractivity contribution in [3.63, 3.8) is 0 Å². The summed E-state index contributed by atoms with van der Waals surface area (Å²) in [6, 6.07) is 7.83. The molecule has 10 heteroatoms. The number of fused-ring (bicyclic) bond motifs is 1. The van der Waals surface area contributed by atoms with E-state index in [1.54, 1.807) is 12.4 Å². The summed E-state index contributed by atoms with van der Waals surface area (Å²) >= 11 is 0. The summed E-state index contributed by atoms with van der Waals surface area (Å²) in [5.74, 6) is 0. The molecule has 0 N–H and O–H groups in total. The van der Waals surface area contributed by atoms with E-state index in [9.17, 15) is 0 Å². The van der Waals surface area contributed by atoms with Crippen molar-refractivity contribution in [2.24, 2.45) is 0 Å². The summed E-state index contributed by atoms with van der Waals surface area (Å²) in [6.07, 6.45) is 13.8. The standard InChI is InChI=1S/C15H7N4O.2C2H6.5Re/c1-3-12(4-2-11(1)13-7-17-20-10-13)14-9-19-6-5-16-8-15(19)18-14;2*1-2;;;;;/h1-6,8H;2*1-2H3;;;;;/q-3;;;;;;;. The molecule has 1 aromatic carbocycles. The smallest absolute Gasteiger partial charge is 0.0714 e. The minimum absolute atomic E-state index is 0. The molecule has 4 aromatic rings. The molecule has 0 amide bonds. The van der Waals surface area contributed by atoms with E-state index in [1.165, 1.54) is 0 Å². The fraction of sp³-hybridized carbons (Fsp3) is 0.211. The van der Waals surface area contributed by atoms with Crippen LogP contribution in [0, 0.1) is 18.7 Å². The summed E-state index contributed by atoms with van der Waals surface area (Å²) in [5.41, 5.74) is 4.18. The minimum atomic E-state index is 0. The average Bonchev–Trinajstić information content (AvgIpc) is 3.35. The van der Waals surface area contributed by atoms with Crippen molar-refractivity contribution >= 4 is 5.65 Å². The first-order valence-electron chi connectivity index (χ1n) is 7.97. The Labute approximate surface area is 240 Å². The first-order valence-corrected chi connectivity index (χ1v) is 7.97. The van der Waals surface area contributed by atoms with Crippen molar-refractivity contribution < 1.29 is 107 Å². The molecule has 0 bridgehead atoms. The van der Waals surface area contributed by atoms with Crippen LogP contribution in [-0.4, -0.2) is 19.5 Å². The summed E-state index contributed by atoms with van der Waals surface area (Å²) in [5, 5.41) is 3.52. The van der Waals surface area contributed by atoms with Gasteiger partial charge in [0.15, 0.2) is 0 Å². The van der Waals surface area contributed by atoms with Crippen LogP contribution in [0.5, 0.6) is 0 Å². The van der Waals surface area contributed by atoms with Crippen LogP contribution in [0.4, 0.5) is 0 Å². The molecule has 3 heterocycles. The largest absolute Gasteiger partial charge is 0.523 e. The van der Waals surface area contributed by atoms with Crippen LogP contribution in [0.2, 0.25) is 0 Å². The Kier molecular flexibility index (Phi) is 25.7. The second-order valence-corrected chi connectivity index (χ2v) is 4.23. The zero-order valence-corrected chi connectivity index (χ0v) is 29.7. The average molecular weight is 1250 g/mol. The predicted molar refractivity (Wildman–Crippen MR) is 93.1 cm³/mol. The van der Waals surface area contributed by atoms with E-state index in [0.717, 1.165) is 22.5 Å². The molecule has 0 unspecified atom stereocenters. The third kappa shape index (κ3) is 10.0. The van der Waals surface area contributed by atoms with Gasteiger partial charge in [-0.2, -0.15) is 12.1 Å². The molecule has 4 rings (SSSR count).